The summed E-state index contributed by atoms with van der Waals surface area (Å²) in [7, 11) is 3.54. The first kappa shape index (κ1) is 13.1. The highest BCUT2D eigenvalue weighted by atomic mass is 16.5. The van der Waals surface area contributed by atoms with Gasteiger partial charge in [0.15, 0.2) is 0 Å². The summed E-state index contributed by atoms with van der Waals surface area (Å²) in [6.45, 7) is 3.76. The molecule has 0 heterocycles. The molecular formula is C15H21NO2. The summed E-state index contributed by atoms with van der Waals surface area (Å²) in [5.41, 5.74) is 2.33. The highest BCUT2D eigenvalue weighted by molar-refractivity contribution is 5.80. The van der Waals surface area contributed by atoms with Crippen molar-refractivity contribution in [1.82, 2.24) is 4.90 Å². The monoisotopic (exact) mass is 247 g/mol. The molecule has 0 bridgehead atoms. The predicted molar refractivity (Wildman–Crippen MR) is 71.2 cm³/mol. The molecule has 0 saturated heterocycles. The van der Waals surface area contributed by atoms with Crippen LogP contribution in [0.3, 0.4) is 0 Å². The van der Waals surface area contributed by atoms with Gasteiger partial charge in [0.2, 0.25) is 0 Å². The van der Waals surface area contributed by atoms with Crippen LogP contribution < -0.4 is 0 Å². The first-order chi connectivity index (χ1) is 8.55. The van der Waals surface area contributed by atoms with Gasteiger partial charge in [0.05, 0.1) is 12.5 Å². The summed E-state index contributed by atoms with van der Waals surface area (Å²) in [4.78, 5) is 13.9. The smallest absolute Gasteiger partial charge is 0.313 e. The lowest BCUT2D eigenvalue weighted by molar-refractivity contribution is -0.147. The van der Waals surface area contributed by atoms with E-state index >= 15 is 0 Å². The summed E-state index contributed by atoms with van der Waals surface area (Å²) < 4.78 is 4.88. The topological polar surface area (TPSA) is 29.5 Å². The standard InChI is InChI=1S/C15H21NO2/c1-12-5-4-6-13(9-12)10-16(2)11-15(7-8-15)14(17)18-3/h4-6,9H,7-8,10-11H2,1-3H3. The van der Waals surface area contributed by atoms with E-state index < -0.39 is 0 Å². The number of hydrogen-bond donors (Lipinski definition) is 0. The number of rotatable bonds is 5. The molecule has 0 unspecified atom stereocenters. The van der Waals surface area contributed by atoms with Gasteiger partial charge in [-0.3, -0.25) is 4.79 Å². The van der Waals surface area contributed by atoms with Gasteiger partial charge < -0.3 is 9.64 Å². The Labute approximate surface area is 109 Å². The molecule has 18 heavy (non-hydrogen) atoms. The van der Waals surface area contributed by atoms with E-state index in [1.807, 2.05) is 0 Å². The fraction of sp³-hybridized carbons (Fsp3) is 0.533. The van der Waals surface area contributed by atoms with Crippen LogP contribution in [0.15, 0.2) is 24.3 Å². The van der Waals surface area contributed by atoms with Gasteiger partial charge in [0, 0.05) is 13.1 Å². The van der Waals surface area contributed by atoms with Crippen molar-refractivity contribution in [3.63, 3.8) is 0 Å². The number of carbonyl (C=O) groups excluding carboxylic acids is 1. The van der Waals surface area contributed by atoms with E-state index in [1.54, 1.807) is 0 Å². The van der Waals surface area contributed by atoms with Crippen molar-refractivity contribution in [2.45, 2.75) is 26.3 Å². The van der Waals surface area contributed by atoms with E-state index in [2.05, 4.69) is 43.1 Å². The molecular weight excluding hydrogens is 226 g/mol. The minimum atomic E-state index is -0.229. The zero-order valence-electron chi connectivity index (χ0n) is 11.4. The molecule has 1 aromatic carbocycles. The third kappa shape index (κ3) is 2.91. The summed E-state index contributed by atoms with van der Waals surface area (Å²) in [6, 6.07) is 8.49. The maximum absolute atomic E-state index is 11.7. The van der Waals surface area contributed by atoms with Crippen LogP contribution in [0.4, 0.5) is 0 Å². The molecule has 0 aliphatic heterocycles. The molecule has 3 nitrogen and oxygen atoms in total. The molecule has 1 aliphatic carbocycles. The van der Waals surface area contributed by atoms with Crippen molar-refractivity contribution >= 4 is 5.97 Å². The minimum Gasteiger partial charge on any atom is -0.469 e. The molecule has 0 atom stereocenters. The maximum Gasteiger partial charge on any atom is 0.313 e. The largest absolute Gasteiger partial charge is 0.469 e. The SMILES string of the molecule is COC(=O)C1(CN(C)Cc2cccc(C)c2)CC1. The Kier molecular flexibility index (Phi) is 3.71. The highest BCUT2D eigenvalue weighted by Gasteiger charge is 2.51. The van der Waals surface area contributed by atoms with E-state index in [0.717, 1.165) is 25.9 Å². The van der Waals surface area contributed by atoms with Crippen LogP contribution in [-0.4, -0.2) is 31.6 Å². The van der Waals surface area contributed by atoms with Crippen LogP contribution >= 0.6 is 0 Å². The van der Waals surface area contributed by atoms with Gasteiger partial charge in [0.25, 0.3) is 0 Å². The van der Waals surface area contributed by atoms with Gasteiger partial charge in [-0.1, -0.05) is 29.8 Å². The number of benzene rings is 1. The maximum atomic E-state index is 11.7. The van der Waals surface area contributed by atoms with Crippen LogP contribution in [0.5, 0.6) is 0 Å². The van der Waals surface area contributed by atoms with E-state index in [9.17, 15) is 4.79 Å². The van der Waals surface area contributed by atoms with Crippen LogP contribution in [0, 0.1) is 12.3 Å². The molecule has 0 aromatic heterocycles. The second-order valence-corrected chi connectivity index (χ2v) is 5.43. The van der Waals surface area contributed by atoms with Crippen LogP contribution in [0.25, 0.3) is 0 Å². The first-order valence-corrected chi connectivity index (χ1v) is 6.38. The summed E-state index contributed by atoms with van der Waals surface area (Å²) in [5, 5.41) is 0. The molecule has 0 radical (unpaired) electrons. The lowest BCUT2D eigenvalue weighted by atomic mass is 10.1. The number of hydrogen-bond acceptors (Lipinski definition) is 3. The first-order valence-electron chi connectivity index (χ1n) is 6.38. The van der Waals surface area contributed by atoms with Gasteiger partial charge in [-0.05, 0) is 32.4 Å². The average Bonchev–Trinajstić information content (AvgIpc) is 3.08. The lowest BCUT2D eigenvalue weighted by Crippen LogP contribution is -2.32. The molecule has 0 N–H and O–H groups in total. The van der Waals surface area contributed by atoms with Gasteiger partial charge >= 0.3 is 5.97 Å². The van der Waals surface area contributed by atoms with Gasteiger partial charge in [-0.25, -0.2) is 0 Å². The molecule has 0 spiro atoms. The molecule has 0 amide bonds. The second-order valence-electron chi connectivity index (χ2n) is 5.43. The third-order valence-electron chi connectivity index (χ3n) is 3.58. The summed E-state index contributed by atoms with van der Waals surface area (Å²) in [6.07, 6.45) is 1.91. The Morgan fingerprint density at radius 3 is 2.72 bits per heavy atom. The Morgan fingerprint density at radius 2 is 2.17 bits per heavy atom. The Balaban J connectivity index is 1.93. The third-order valence-corrected chi connectivity index (χ3v) is 3.58. The fourth-order valence-corrected chi connectivity index (χ4v) is 2.49. The molecule has 2 rings (SSSR count). The van der Waals surface area contributed by atoms with E-state index in [4.69, 9.17) is 4.74 Å². The Morgan fingerprint density at radius 1 is 1.44 bits per heavy atom. The van der Waals surface area contributed by atoms with Crippen molar-refractivity contribution in [2.75, 3.05) is 20.7 Å². The molecule has 1 fully saturated rings. The fourth-order valence-electron chi connectivity index (χ4n) is 2.49. The summed E-state index contributed by atoms with van der Waals surface area (Å²) >= 11 is 0. The average molecular weight is 247 g/mol. The summed E-state index contributed by atoms with van der Waals surface area (Å²) in [5.74, 6) is -0.0569. The van der Waals surface area contributed by atoms with Crippen LogP contribution in [0.2, 0.25) is 0 Å². The number of methoxy groups -OCH3 is 1. The normalized spacial score (nSPS) is 16.7. The Hall–Kier alpha value is -1.35. The zero-order chi connectivity index (χ0) is 13.2. The van der Waals surface area contributed by atoms with Crippen molar-refractivity contribution in [3.05, 3.63) is 35.4 Å². The van der Waals surface area contributed by atoms with E-state index in [0.29, 0.717) is 0 Å². The van der Waals surface area contributed by atoms with Gasteiger partial charge in [-0.2, -0.15) is 0 Å². The van der Waals surface area contributed by atoms with Crippen molar-refractivity contribution < 1.29 is 9.53 Å². The van der Waals surface area contributed by atoms with Crippen molar-refractivity contribution in [2.24, 2.45) is 5.41 Å². The van der Waals surface area contributed by atoms with E-state index in [1.165, 1.54) is 18.2 Å². The van der Waals surface area contributed by atoms with Gasteiger partial charge in [0.1, 0.15) is 0 Å². The van der Waals surface area contributed by atoms with Gasteiger partial charge in [-0.15, -0.1) is 0 Å². The molecule has 1 aromatic rings. The lowest BCUT2D eigenvalue weighted by Gasteiger charge is -2.22. The predicted octanol–water partition coefficient (Wildman–Crippen LogP) is 2.38. The van der Waals surface area contributed by atoms with Crippen LogP contribution in [0.1, 0.15) is 24.0 Å². The second kappa shape index (κ2) is 5.11. The molecule has 98 valence electrons. The molecule has 1 saturated carbocycles. The van der Waals surface area contributed by atoms with Crippen LogP contribution in [-0.2, 0) is 16.1 Å². The number of ether oxygens (including phenoxy) is 1. The quantitative estimate of drug-likeness (QED) is 0.748. The minimum absolute atomic E-state index is 0.0569. The molecule has 1 aliphatic rings. The number of esters is 1. The van der Waals surface area contributed by atoms with Crippen molar-refractivity contribution in [3.8, 4) is 0 Å². The van der Waals surface area contributed by atoms with E-state index in [-0.39, 0.29) is 11.4 Å². The number of aryl methyl sites for hydroxylation is 1. The Bertz CT molecular complexity index is 438. The number of carbonyl (C=O) groups is 1. The zero-order valence-corrected chi connectivity index (χ0v) is 11.4. The highest BCUT2D eigenvalue weighted by Crippen LogP contribution is 2.47. The number of nitrogens with zero attached hydrogens (tertiary/aromatic N) is 1. The van der Waals surface area contributed by atoms with Crippen molar-refractivity contribution in [1.29, 1.82) is 0 Å². The molecule has 3 heteroatoms.